The second-order valence-corrected chi connectivity index (χ2v) is 10.8. The molecular formula is C26H32F3N3O3. The van der Waals surface area contributed by atoms with Crippen LogP contribution in [0.1, 0.15) is 57.2 Å². The molecular weight excluding hydrogens is 459 g/mol. The molecule has 3 heterocycles. The Balaban J connectivity index is 1.72. The van der Waals surface area contributed by atoms with E-state index >= 15 is 0 Å². The number of amides is 1. The number of aromatic nitrogens is 1. The highest BCUT2D eigenvalue weighted by atomic mass is 19.4. The number of nitrogens with zero attached hydrogens (tertiary/aromatic N) is 3. The van der Waals surface area contributed by atoms with E-state index in [9.17, 15) is 23.1 Å². The summed E-state index contributed by atoms with van der Waals surface area (Å²) >= 11 is 0. The van der Waals surface area contributed by atoms with Crippen LogP contribution in [0.4, 0.5) is 23.7 Å². The van der Waals surface area contributed by atoms with E-state index in [-0.39, 0.29) is 13.1 Å². The van der Waals surface area contributed by atoms with Crippen molar-refractivity contribution in [2.24, 2.45) is 5.41 Å². The van der Waals surface area contributed by atoms with Crippen LogP contribution in [-0.2, 0) is 16.5 Å². The molecule has 9 heteroatoms. The third-order valence-electron chi connectivity index (χ3n) is 6.85. The van der Waals surface area contributed by atoms with Gasteiger partial charge in [0.05, 0.1) is 17.4 Å². The second kappa shape index (κ2) is 8.69. The fraction of sp³-hybridized carbons (Fsp3) is 0.538. The number of anilines is 1. The van der Waals surface area contributed by atoms with Gasteiger partial charge in [0, 0.05) is 43.4 Å². The van der Waals surface area contributed by atoms with E-state index in [1.54, 1.807) is 33.2 Å². The van der Waals surface area contributed by atoms with E-state index in [1.165, 1.54) is 17.0 Å². The van der Waals surface area contributed by atoms with Crippen LogP contribution in [0, 0.1) is 5.41 Å². The largest absolute Gasteiger partial charge is 0.444 e. The van der Waals surface area contributed by atoms with Gasteiger partial charge in [0.2, 0.25) is 0 Å². The zero-order valence-corrected chi connectivity index (χ0v) is 20.5. The average molecular weight is 492 g/mol. The Bertz CT molecular complexity index is 1070. The van der Waals surface area contributed by atoms with Crippen molar-refractivity contribution in [3.63, 3.8) is 0 Å². The SMILES string of the molecule is CC(C)(C)OC(=O)N1CC(C)(C(O)(c2ccc(C(F)(F)F)cc2)c2cncc(N3CCCC3)c2)C1. The standard InChI is InChI=1S/C26H32F3N3O3/c1-23(2,3)35-22(33)32-16-24(4,17-32)25(34,18-7-9-19(10-8-18)26(27,28)29)20-13-21(15-30-14-20)31-11-5-6-12-31/h7-10,13-15,34H,5-6,11-12,16-17H2,1-4H3. The van der Waals surface area contributed by atoms with Crippen molar-refractivity contribution in [3.8, 4) is 0 Å². The van der Waals surface area contributed by atoms with E-state index in [0.29, 0.717) is 11.1 Å². The predicted octanol–water partition coefficient (Wildman–Crippen LogP) is 5.19. The second-order valence-electron chi connectivity index (χ2n) is 10.8. The molecule has 6 nitrogen and oxygen atoms in total. The van der Waals surface area contributed by atoms with Crippen LogP contribution in [0.15, 0.2) is 42.7 Å². The molecule has 0 spiro atoms. The van der Waals surface area contributed by atoms with Crippen LogP contribution in [0.5, 0.6) is 0 Å². The van der Waals surface area contributed by atoms with Crippen LogP contribution < -0.4 is 4.90 Å². The quantitative estimate of drug-likeness (QED) is 0.638. The number of aliphatic hydroxyl groups is 1. The Labute approximate surface area is 203 Å². The van der Waals surface area contributed by atoms with Crippen LogP contribution in [0.3, 0.4) is 0 Å². The summed E-state index contributed by atoms with van der Waals surface area (Å²) in [4.78, 5) is 20.6. The molecule has 1 amide bonds. The summed E-state index contributed by atoms with van der Waals surface area (Å²) < 4.78 is 45.1. The van der Waals surface area contributed by atoms with Gasteiger partial charge in [0.25, 0.3) is 0 Å². The van der Waals surface area contributed by atoms with Gasteiger partial charge in [0.1, 0.15) is 11.2 Å². The molecule has 0 bridgehead atoms. The molecule has 0 saturated carbocycles. The molecule has 2 aliphatic heterocycles. The van der Waals surface area contributed by atoms with Gasteiger partial charge in [0.15, 0.2) is 0 Å². The Kier molecular flexibility index (Phi) is 6.28. The third kappa shape index (κ3) is 4.83. The van der Waals surface area contributed by atoms with Crippen molar-refractivity contribution >= 4 is 11.8 Å². The van der Waals surface area contributed by atoms with Gasteiger partial charge < -0.3 is 19.6 Å². The van der Waals surface area contributed by atoms with E-state index in [0.717, 1.165) is 43.8 Å². The summed E-state index contributed by atoms with van der Waals surface area (Å²) in [6.07, 6.45) is 0.443. The van der Waals surface area contributed by atoms with Crippen molar-refractivity contribution < 1.29 is 27.8 Å². The zero-order valence-electron chi connectivity index (χ0n) is 20.5. The Morgan fingerprint density at radius 2 is 1.57 bits per heavy atom. The van der Waals surface area contributed by atoms with Gasteiger partial charge in [-0.05, 0) is 57.4 Å². The summed E-state index contributed by atoms with van der Waals surface area (Å²) in [5.74, 6) is 0. The highest BCUT2D eigenvalue weighted by Gasteiger charge is 2.58. The summed E-state index contributed by atoms with van der Waals surface area (Å²) in [7, 11) is 0. The first-order chi connectivity index (χ1) is 16.2. The molecule has 1 unspecified atom stereocenters. The van der Waals surface area contributed by atoms with E-state index in [4.69, 9.17) is 4.74 Å². The Hall–Kier alpha value is -2.81. The summed E-state index contributed by atoms with van der Waals surface area (Å²) in [5.41, 5.74) is -2.36. The van der Waals surface area contributed by atoms with E-state index in [2.05, 4.69) is 9.88 Å². The Morgan fingerprint density at radius 1 is 1.00 bits per heavy atom. The van der Waals surface area contributed by atoms with Gasteiger partial charge in [-0.1, -0.05) is 19.1 Å². The van der Waals surface area contributed by atoms with E-state index in [1.807, 2.05) is 13.0 Å². The molecule has 1 atom stereocenters. The number of pyridine rings is 1. The third-order valence-corrected chi connectivity index (χ3v) is 6.85. The predicted molar refractivity (Wildman–Crippen MR) is 126 cm³/mol. The molecule has 2 aliphatic rings. The van der Waals surface area contributed by atoms with Crippen LogP contribution in [-0.4, -0.2) is 52.9 Å². The highest BCUT2D eigenvalue weighted by molar-refractivity contribution is 5.70. The lowest BCUT2D eigenvalue weighted by molar-refractivity contribution is -0.138. The number of hydrogen-bond acceptors (Lipinski definition) is 5. The summed E-state index contributed by atoms with van der Waals surface area (Å²) in [6, 6.07) is 6.44. The summed E-state index contributed by atoms with van der Waals surface area (Å²) in [6.45, 7) is 9.27. The fourth-order valence-electron chi connectivity index (χ4n) is 5.02. The van der Waals surface area contributed by atoms with Crippen molar-refractivity contribution in [2.75, 3.05) is 31.1 Å². The summed E-state index contributed by atoms with van der Waals surface area (Å²) in [5, 5.41) is 12.3. The number of benzene rings is 1. The van der Waals surface area contributed by atoms with E-state index < -0.39 is 34.5 Å². The number of halogens is 3. The molecule has 1 N–H and O–H groups in total. The first kappa shape index (κ1) is 25.3. The number of carbonyl (C=O) groups is 1. The maximum absolute atomic E-state index is 13.2. The van der Waals surface area contributed by atoms with Crippen LogP contribution in [0.2, 0.25) is 0 Å². The molecule has 35 heavy (non-hydrogen) atoms. The molecule has 0 radical (unpaired) electrons. The number of ether oxygens (including phenoxy) is 1. The normalized spacial score (nSPS) is 19.8. The van der Waals surface area contributed by atoms with Gasteiger partial charge in [-0.15, -0.1) is 0 Å². The van der Waals surface area contributed by atoms with Crippen LogP contribution in [0.25, 0.3) is 0 Å². The maximum atomic E-state index is 13.2. The molecule has 2 aromatic rings. The topological polar surface area (TPSA) is 65.9 Å². The molecule has 4 rings (SSSR count). The minimum absolute atomic E-state index is 0.174. The van der Waals surface area contributed by atoms with Gasteiger partial charge in [-0.3, -0.25) is 4.98 Å². The lowest BCUT2D eigenvalue weighted by atomic mass is 9.62. The van der Waals surface area contributed by atoms with Crippen molar-refractivity contribution in [2.45, 2.75) is 57.9 Å². The zero-order chi connectivity index (χ0) is 25.6. The average Bonchev–Trinajstić information content (AvgIpc) is 3.30. The van der Waals surface area contributed by atoms with Crippen molar-refractivity contribution in [3.05, 3.63) is 59.4 Å². The first-order valence-corrected chi connectivity index (χ1v) is 11.8. The maximum Gasteiger partial charge on any atom is 0.416 e. The first-order valence-electron chi connectivity index (χ1n) is 11.8. The van der Waals surface area contributed by atoms with Crippen molar-refractivity contribution in [1.29, 1.82) is 0 Å². The lowest BCUT2D eigenvalue weighted by Crippen LogP contribution is -2.66. The van der Waals surface area contributed by atoms with Gasteiger partial charge >= 0.3 is 12.3 Å². The highest BCUT2D eigenvalue weighted by Crippen LogP contribution is 2.51. The van der Waals surface area contributed by atoms with Crippen molar-refractivity contribution in [1.82, 2.24) is 9.88 Å². The molecule has 1 aromatic carbocycles. The number of carbonyl (C=O) groups excluding carboxylic acids is 1. The number of alkyl halides is 3. The van der Waals surface area contributed by atoms with Crippen LogP contribution >= 0.6 is 0 Å². The molecule has 2 fully saturated rings. The lowest BCUT2D eigenvalue weighted by Gasteiger charge is -2.56. The fourth-order valence-corrected chi connectivity index (χ4v) is 5.02. The molecule has 190 valence electrons. The van der Waals surface area contributed by atoms with Gasteiger partial charge in [-0.2, -0.15) is 13.2 Å². The number of hydrogen-bond donors (Lipinski definition) is 1. The number of likely N-dealkylation sites (tertiary alicyclic amines) is 1. The minimum atomic E-state index is -4.48. The molecule has 0 aliphatic carbocycles. The number of rotatable bonds is 4. The molecule has 1 aromatic heterocycles. The molecule has 2 saturated heterocycles. The van der Waals surface area contributed by atoms with Gasteiger partial charge in [-0.25, -0.2) is 4.79 Å². The Morgan fingerprint density at radius 3 is 2.11 bits per heavy atom. The minimum Gasteiger partial charge on any atom is -0.444 e. The smallest absolute Gasteiger partial charge is 0.416 e. The monoisotopic (exact) mass is 491 g/mol.